The molecular weight excluding hydrogens is 258 g/mol. The van der Waals surface area contributed by atoms with Gasteiger partial charge in [0.05, 0.1) is 12.2 Å². The van der Waals surface area contributed by atoms with Crippen LogP contribution in [0.15, 0.2) is 29.3 Å². The molecule has 0 radical (unpaired) electrons. The van der Waals surface area contributed by atoms with Crippen LogP contribution in [0.4, 0.5) is 0 Å². The first-order chi connectivity index (χ1) is 9.38. The number of pyridine rings is 1. The van der Waals surface area contributed by atoms with Crippen LogP contribution in [0.2, 0.25) is 0 Å². The molecule has 0 aliphatic heterocycles. The summed E-state index contributed by atoms with van der Waals surface area (Å²) in [5, 5.41) is 13.4. The van der Waals surface area contributed by atoms with E-state index in [1.807, 2.05) is 30.8 Å². The zero-order valence-corrected chi connectivity index (χ0v) is 11.7. The van der Waals surface area contributed by atoms with Crippen molar-refractivity contribution in [2.45, 2.75) is 33.4 Å². The molecule has 1 N–H and O–H groups in total. The molecular formula is C14H17N3O3. The lowest BCUT2D eigenvalue weighted by molar-refractivity contribution is 0.0694. The third kappa shape index (κ3) is 2.79. The van der Waals surface area contributed by atoms with Crippen LogP contribution in [0, 0.1) is 6.92 Å². The molecule has 0 amide bonds. The van der Waals surface area contributed by atoms with Crippen LogP contribution < -0.4 is 5.43 Å². The average molecular weight is 275 g/mol. The van der Waals surface area contributed by atoms with Gasteiger partial charge in [-0.3, -0.25) is 9.48 Å². The Balaban J connectivity index is 2.35. The van der Waals surface area contributed by atoms with E-state index in [1.165, 1.54) is 12.3 Å². The van der Waals surface area contributed by atoms with Gasteiger partial charge in [0.1, 0.15) is 5.56 Å². The molecule has 0 unspecified atom stereocenters. The molecule has 6 nitrogen and oxygen atoms in total. The molecule has 0 bridgehead atoms. The lowest BCUT2D eigenvalue weighted by Gasteiger charge is -2.10. The lowest BCUT2D eigenvalue weighted by atomic mass is 10.2. The number of aromatic carboxylic acids is 1. The van der Waals surface area contributed by atoms with Crippen LogP contribution in [-0.4, -0.2) is 25.4 Å². The fraction of sp³-hybridized carbons (Fsp3) is 0.357. The summed E-state index contributed by atoms with van der Waals surface area (Å²) in [5.41, 5.74) is 0.832. The van der Waals surface area contributed by atoms with Gasteiger partial charge >= 0.3 is 5.97 Å². The predicted octanol–water partition coefficient (Wildman–Crippen LogP) is 1.68. The second-order valence-corrected chi connectivity index (χ2v) is 5.01. The zero-order chi connectivity index (χ0) is 14.9. The highest BCUT2D eigenvalue weighted by molar-refractivity contribution is 5.87. The van der Waals surface area contributed by atoms with Crippen LogP contribution in [-0.2, 0) is 6.54 Å². The van der Waals surface area contributed by atoms with Crippen molar-refractivity contribution in [1.82, 2.24) is 14.3 Å². The molecule has 2 aromatic heterocycles. The van der Waals surface area contributed by atoms with Crippen molar-refractivity contribution in [1.29, 1.82) is 0 Å². The molecule has 6 heteroatoms. The van der Waals surface area contributed by atoms with E-state index in [-0.39, 0.29) is 11.6 Å². The Labute approximate surface area is 116 Å². The zero-order valence-electron chi connectivity index (χ0n) is 11.7. The molecule has 2 rings (SSSR count). The maximum atomic E-state index is 11.6. The Hall–Kier alpha value is -2.37. The summed E-state index contributed by atoms with van der Waals surface area (Å²) < 4.78 is 3.56. The van der Waals surface area contributed by atoms with Gasteiger partial charge in [-0.15, -0.1) is 0 Å². The van der Waals surface area contributed by atoms with Gasteiger partial charge in [0.2, 0.25) is 0 Å². The molecule has 0 atom stereocenters. The van der Waals surface area contributed by atoms with E-state index < -0.39 is 11.4 Å². The molecule has 0 fully saturated rings. The van der Waals surface area contributed by atoms with Crippen molar-refractivity contribution in [2.24, 2.45) is 0 Å². The average Bonchev–Trinajstić information content (AvgIpc) is 2.80. The van der Waals surface area contributed by atoms with Crippen molar-refractivity contribution in [3.63, 3.8) is 0 Å². The fourth-order valence-corrected chi connectivity index (χ4v) is 1.93. The summed E-state index contributed by atoms with van der Waals surface area (Å²) in [6.45, 7) is 6.27. The number of nitrogens with zero attached hydrogens (tertiary/aromatic N) is 3. The van der Waals surface area contributed by atoms with Gasteiger partial charge in [0.15, 0.2) is 5.43 Å². The Morgan fingerprint density at radius 2 is 2.15 bits per heavy atom. The molecule has 0 aromatic carbocycles. The first-order valence-electron chi connectivity index (χ1n) is 6.37. The highest BCUT2D eigenvalue weighted by Gasteiger charge is 2.11. The number of carbonyl (C=O) groups is 1. The van der Waals surface area contributed by atoms with E-state index in [9.17, 15) is 9.59 Å². The van der Waals surface area contributed by atoms with Crippen molar-refractivity contribution < 1.29 is 9.90 Å². The lowest BCUT2D eigenvalue weighted by Crippen LogP contribution is -2.19. The third-order valence-corrected chi connectivity index (χ3v) is 3.10. The Kier molecular flexibility index (Phi) is 3.74. The topological polar surface area (TPSA) is 77.1 Å². The third-order valence-electron chi connectivity index (χ3n) is 3.10. The summed E-state index contributed by atoms with van der Waals surface area (Å²) >= 11 is 0. The summed E-state index contributed by atoms with van der Waals surface area (Å²) in [7, 11) is 0. The van der Waals surface area contributed by atoms with Gasteiger partial charge in [0.25, 0.3) is 0 Å². The van der Waals surface area contributed by atoms with Gasteiger partial charge in [-0.25, -0.2) is 4.79 Å². The van der Waals surface area contributed by atoms with Gasteiger partial charge in [-0.05, 0) is 26.8 Å². The number of hydrogen-bond acceptors (Lipinski definition) is 3. The van der Waals surface area contributed by atoms with Crippen LogP contribution in [0.5, 0.6) is 0 Å². The Morgan fingerprint density at radius 1 is 1.45 bits per heavy atom. The van der Waals surface area contributed by atoms with Crippen LogP contribution in [0.3, 0.4) is 0 Å². The number of carboxylic acids is 1. The largest absolute Gasteiger partial charge is 0.477 e. The van der Waals surface area contributed by atoms with Gasteiger partial charge in [-0.1, -0.05) is 0 Å². The summed E-state index contributed by atoms with van der Waals surface area (Å²) in [4.78, 5) is 22.6. The van der Waals surface area contributed by atoms with Crippen LogP contribution >= 0.6 is 0 Å². The summed E-state index contributed by atoms with van der Waals surface area (Å²) in [6, 6.07) is 3.49. The normalized spacial score (nSPS) is 11.0. The Morgan fingerprint density at radius 3 is 2.70 bits per heavy atom. The highest BCUT2D eigenvalue weighted by Crippen LogP contribution is 2.08. The number of hydrogen-bond donors (Lipinski definition) is 1. The SMILES string of the molecule is Cc1cc(=O)c(C(=O)O)cn1Cc1ccn(C(C)C)n1. The number of aromatic nitrogens is 3. The Bertz CT molecular complexity index is 698. The number of carboxylic acid groups (broad SMARTS) is 1. The van der Waals surface area contributed by atoms with Gasteiger partial charge < -0.3 is 9.67 Å². The first-order valence-corrected chi connectivity index (χ1v) is 6.37. The van der Waals surface area contributed by atoms with Crippen molar-refractivity contribution in [2.75, 3.05) is 0 Å². The van der Waals surface area contributed by atoms with Crippen molar-refractivity contribution in [3.05, 3.63) is 51.7 Å². The summed E-state index contributed by atoms with van der Waals surface area (Å²) in [6.07, 6.45) is 3.25. The predicted molar refractivity (Wildman–Crippen MR) is 74.1 cm³/mol. The van der Waals surface area contributed by atoms with E-state index in [4.69, 9.17) is 5.11 Å². The molecule has 2 heterocycles. The second kappa shape index (κ2) is 5.32. The van der Waals surface area contributed by atoms with Gasteiger partial charge in [-0.2, -0.15) is 5.10 Å². The molecule has 0 saturated carbocycles. The number of aryl methyl sites for hydroxylation is 1. The van der Waals surface area contributed by atoms with Gasteiger partial charge in [0, 0.05) is 30.2 Å². The molecule has 0 aliphatic carbocycles. The standard InChI is InChI=1S/C14H17N3O3/c1-9(2)17-5-4-11(15-17)7-16-8-12(14(19)20)13(18)6-10(16)3/h4-6,8-9H,7H2,1-3H3,(H,19,20). The van der Waals surface area contributed by atoms with Crippen molar-refractivity contribution >= 4 is 5.97 Å². The first kappa shape index (κ1) is 14.0. The van der Waals surface area contributed by atoms with E-state index in [1.54, 1.807) is 11.5 Å². The maximum absolute atomic E-state index is 11.6. The fourth-order valence-electron chi connectivity index (χ4n) is 1.93. The summed E-state index contributed by atoms with van der Waals surface area (Å²) in [5.74, 6) is -1.21. The molecule has 2 aromatic rings. The van der Waals surface area contributed by atoms with E-state index >= 15 is 0 Å². The maximum Gasteiger partial charge on any atom is 0.341 e. The molecule has 0 aliphatic rings. The van der Waals surface area contributed by atoms with E-state index in [2.05, 4.69) is 5.10 Å². The molecule has 20 heavy (non-hydrogen) atoms. The monoisotopic (exact) mass is 275 g/mol. The minimum absolute atomic E-state index is 0.223. The van der Waals surface area contributed by atoms with E-state index in [0.717, 1.165) is 5.69 Å². The minimum atomic E-state index is -1.21. The highest BCUT2D eigenvalue weighted by atomic mass is 16.4. The smallest absolute Gasteiger partial charge is 0.341 e. The molecule has 106 valence electrons. The minimum Gasteiger partial charge on any atom is -0.477 e. The van der Waals surface area contributed by atoms with Crippen LogP contribution in [0.1, 0.15) is 41.6 Å². The quantitative estimate of drug-likeness (QED) is 0.921. The van der Waals surface area contributed by atoms with E-state index in [0.29, 0.717) is 12.2 Å². The second-order valence-electron chi connectivity index (χ2n) is 5.01. The number of rotatable bonds is 4. The van der Waals surface area contributed by atoms with Crippen LogP contribution in [0.25, 0.3) is 0 Å². The van der Waals surface area contributed by atoms with Crippen molar-refractivity contribution in [3.8, 4) is 0 Å². The molecule has 0 spiro atoms. The molecule has 0 saturated heterocycles.